The minimum atomic E-state index is -0.212. The highest BCUT2D eigenvalue weighted by Gasteiger charge is 2.48. The summed E-state index contributed by atoms with van der Waals surface area (Å²) in [5.74, 6) is 1.81. The van der Waals surface area contributed by atoms with Crippen molar-refractivity contribution < 1.29 is 14.3 Å². The van der Waals surface area contributed by atoms with Crippen LogP contribution in [-0.2, 0) is 9.59 Å². The van der Waals surface area contributed by atoms with Crippen LogP contribution in [0.25, 0.3) is 22.2 Å². The van der Waals surface area contributed by atoms with Gasteiger partial charge in [0.25, 0.3) is 0 Å². The summed E-state index contributed by atoms with van der Waals surface area (Å²) < 4.78 is 5.62. The maximum absolute atomic E-state index is 13.4. The minimum Gasteiger partial charge on any atom is -0.480 e. The molecular weight excluding hydrogens is 502 g/mol. The Balaban J connectivity index is 1.29. The fourth-order valence-electron chi connectivity index (χ4n) is 6.36. The zero-order valence-electron chi connectivity index (χ0n) is 24.2. The summed E-state index contributed by atoms with van der Waals surface area (Å²) >= 11 is 0. The number of H-pyrrole nitrogens is 1. The number of rotatable bonds is 12. The molecule has 5 rings (SSSR count). The lowest BCUT2D eigenvalue weighted by molar-refractivity contribution is -0.135. The second-order valence-corrected chi connectivity index (χ2v) is 11.9. The van der Waals surface area contributed by atoms with Crippen LogP contribution in [0, 0.1) is 11.3 Å². The summed E-state index contributed by atoms with van der Waals surface area (Å²) in [6.45, 7) is 4.16. The molecule has 1 aliphatic heterocycles. The van der Waals surface area contributed by atoms with Gasteiger partial charge in [-0.1, -0.05) is 38.0 Å². The molecule has 0 radical (unpaired) electrons. The smallest absolute Gasteiger partial charge is 0.223 e. The van der Waals surface area contributed by atoms with Gasteiger partial charge in [-0.3, -0.25) is 9.59 Å². The average Bonchev–Trinajstić information content (AvgIpc) is 3.45. The molecule has 3 aromatic rings. The van der Waals surface area contributed by atoms with Crippen LogP contribution in [0.2, 0.25) is 0 Å². The van der Waals surface area contributed by atoms with Gasteiger partial charge in [0.15, 0.2) is 0 Å². The van der Waals surface area contributed by atoms with Crippen molar-refractivity contribution in [3.05, 3.63) is 42.4 Å². The van der Waals surface area contributed by atoms with Gasteiger partial charge in [0.05, 0.1) is 36.1 Å². The number of Topliss-reactive ketones (excluding diaryl/α,β-unsaturated/α-hetero) is 1. The predicted molar refractivity (Wildman–Crippen MR) is 157 cm³/mol. The molecule has 8 heteroatoms. The van der Waals surface area contributed by atoms with E-state index in [9.17, 15) is 9.59 Å². The van der Waals surface area contributed by atoms with Gasteiger partial charge in [0.2, 0.25) is 11.8 Å². The molecule has 0 bridgehead atoms. The molecule has 40 heavy (non-hydrogen) atoms. The number of para-hydroxylation sites is 1. The molecule has 2 aliphatic rings. The average molecular weight is 546 g/mol. The molecule has 1 amide bonds. The van der Waals surface area contributed by atoms with Gasteiger partial charge in [-0.05, 0) is 76.2 Å². The highest BCUT2D eigenvalue weighted by Crippen LogP contribution is 2.52. The summed E-state index contributed by atoms with van der Waals surface area (Å²) in [5, 5.41) is 4.36. The number of pyridine rings is 1. The lowest BCUT2D eigenvalue weighted by Crippen LogP contribution is -2.50. The third kappa shape index (κ3) is 6.38. The summed E-state index contributed by atoms with van der Waals surface area (Å²) in [5.41, 5.74) is 2.88. The number of nitrogens with zero attached hydrogens (tertiary/aromatic N) is 3. The highest BCUT2D eigenvalue weighted by molar-refractivity contribution is 5.85. The van der Waals surface area contributed by atoms with Crippen molar-refractivity contribution in [1.29, 1.82) is 0 Å². The van der Waals surface area contributed by atoms with E-state index < -0.39 is 0 Å². The molecule has 1 aromatic carbocycles. The van der Waals surface area contributed by atoms with Crippen molar-refractivity contribution in [3.63, 3.8) is 0 Å². The van der Waals surface area contributed by atoms with Crippen LogP contribution in [0.15, 0.2) is 36.5 Å². The number of amides is 1. The number of piperidine rings is 1. The first-order valence-corrected chi connectivity index (χ1v) is 14.9. The predicted octanol–water partition coefficient (Wildman–Crippen LogP) is 5.84. The number of carbonyl (C=O) groups excluding carboxylic acids is 2. The number of benzene rings is 1. The van der Waals surface area contributed by atoms with Crippen LogP contribution < -0.4 is 10.1 Å². The molecule has 0 unspecified atom stereocenters. The van der Waals surface area contributed by atoms with Crippen molar-refractivity contribution in [2.45, 2.75) is 77.2 Å². The lowest BCUT2D eigenvalue weighted by atomic mass is 9.57. The summed E-state index contributed by atoms with van der Waals surface area (Å²) in [7, 11) is 3.81. The number of likely N-dealkylation sites (tertiary alicyclic amines) is 1. The van der Waals surface area contributed by atoms with Crippen LogP contribution >= 0.6 is 0 Å². The lowest BCUT2D eigenvalue weighted by Gasteiger charge is -2.51. The number of carbonyl (C=O) groups is 2. The van der Waals surface area contributed by atoms with Gasteiger partial charge in [-0.2, -0.15) is 0 Å². The van der Waals surface area contributed by atoms with Crippen molar-refractivity contribution in [2.24, 2.45) is 11.3 Å². The fourth-order valence-corrected chi connectivity index (χ4v) is 6.36. The maximum Gasteiger partial charge on any atom is 0.223 e. The van der Waals surface area contributed by atoms with E-state index >= 15 is 0 Å². The second-order valence-electron chi connectivity index (χ2n) is 11.9. The normalized spacial score (nSPS) is 18.0. The van der Waals surface area contributed by atoms with Gasteiger partial charge in [0, 0.05) is 24.1 Å². The van der Waals surface area contributed by atoms with E-state index in [1.807, 2.05) is 31.2 Å². The van der Waals surface area contributed by atoms with E-state index in [1.54, 1.807) is 13.3 Å². The Bertz CT molecular complexity index is 1320. The van der Waals surface area contributed by atoms with E-state index in [1.165, 1.54) is 12.8 Å². The first-order chi connectivity index (χ1) is 19.4. The Hall–Kier alpha value is -3.26. The van der Waals surface area contributed by atoms with E-state index in [0.29, 0.717) is 29.9 Å². The Morgan fingerprint density at radius 3 is 2.70 bits per heavy atom. The number of aromatic amines is 1. The molecule has 8 nitrogen and oxygen atoms in total. The van der Waals surface area contributed by atoms with Crippen LogP contribution in [0.4, 0.5) is 0 Å². The fraction of sp³-hybridized carbons (Fsp3) is 0.562. The van der Waals surface area contributed by atoms with E-state index in [0.717, 1.165) is 79.6 Å². The highest BCUT2D eigenvalue weighted by atomic mass is 16.5. The van der Waals surface area contributed by atoms with Crippen molar-refractivity contribution in [1.82, 2.24) is 25.2 Å². The van der Waals surface area contributed by atoms with Crippen molar-refractivity contribution >= 4 is 22.6 Å². The van der Waals surface area contributed by atoms with Crippen LogP contribution in [0.3, 0.4) is 0 Å². The number of methoxy groups -OCH3 is 1. The Kier molecular flexibility index (Phi) is 8.84. The van der Waals surface area contributed by atoms with Crippen LogP contribution in [-0.4, -0.2) is 58.8 Å². The third-order valence-electron chi connectivity index (χ3n) is 9.03. The molecule has 1 saturated carbocycles. The molecule has 2 aromatic heterocycles. The van der Waals surface area contributed by atoms with Gasteiger partial charge in [-0.15, -0.1) is 0 Å². The largest absolute Gasteiger partial charge is 0.480 e. The second kappa shape index (κ2) is 12.5. The van der Waals surface area contributed by atoms with E-state index in [-0.39, 0.29) is 17.9 Å². The minimum absolute atomic E-state index is 0.0762. The topological polar surface area (TPSA) is 100 Å². The number of hydrogen-bond donors (Lipinski definition) is 2. The van der Waals surface area contributed by atoms with Crippen molar-refractivity contribution in [3.8, 4) is 17.1 Å². The molecule has 2 fully saturated rings. The Labute approximate surface area is 237 Å². The van der Waals surface area contributed by atoms with Crippen molar-refractivity contribution in [2.75, 3.05) is 27.2 Å². The zero-order valence-corrected chi connectivity index (χ0v) is 24.2. The molecule has 214 valence electrons. The molecule has 2 N–H and O–H groups in total. The summed E-state index contributed by atoms with van der Waals surface area (Å²) in [4.78, 5) is 40.4. The zero-order chi connectivity index (χ0) is 28.1. The molecule has 1 spiro atoms. The molecule has 1 saturated heterocycles. The molecule has 1 atom stereocenters. The Morgan fingerprint density at radius 1 is 1.18 bits per heavy atom. The quantitative estimate of drug-likeness (QED) is 0.277. The first kappa shape index (κ1) is 28.3. The van der Waals surface area contributed by atoms with E-state index in [2.05, 4.69) is 33.3 Å². The molecule has 1 aliphatic carbocycles. The van der Waals surface area contributed by atoms with Crippen LogP contribution in [0.1, 0.15) is 83.0 Å². The molecular formula is C32H43N5O3. The SMILES string of the molecule is CCC(=O)CCCCC[C@H](NC(=O)C1CC2(CCN(C)CC2)C1)c1ncc(-c2cc3ccccc3nc2OC)[nH]1. The van der Waals surface area contributed by atoms with Crippen LogP contribution in [0.5, 0.6) is 5.88 Å². The number of ketones is 1. The number of nitrogens with one attached hydrogen (secondary N) is 2. The number of ether oxygens (including phenoxy) is 1. The third-order valence-corrected chi connectivity index (χ3v) is 9.03. The standard InChI is InChI=1S/C32H43N5O3/c1-4-24(38)11-6-5-7-13-27(35-30(39)23-19-32(20-23)14-16-37(2)17-15-32)29-33-21-28(34-29)25-18-22-10-8-9-12-26(22)36-31(25)40-3/h8-10,12,18,21,23,27H,4-7,11,13-17,19-20H2,1-3H3,(H,33,34)(H,35,39)/t27-/m0/s1. The first-order valence-electron chi connectivity index (χ1n) is 14.9. The number of imidazole rings is 1. The number of hydrogen-bond acceptors (Lipinski definition) is 6. The Morgan fingerprint density at radius 2 is 1.95 bits per heavy atom. The maximum atomic E-state index is 13.4. The van der Waals surface area contributed by atoms with Gasteiger partial charge < -0.3 is 19.9 Å². The monoisotopic (exact) mass is 545 g/mol. The summed E-state index contributed by atoms with van der Waals surface area (Å²) in [6.07, 6.45) is 10.9. The van der Waals surface area contributed by atoms with Gasteiger partial charge >= 0.3 is 0 Å². The van der Waals surface area contributed by atoms with Gasteiger partial charge in [0.1, 0.15) is 11.6 Å². The number of aromatic nitrogens is 3. The summed E-state index contributed by atoms with van der Waals surface area (Å²) in [6, 6.07) is 9.81. The number of unbranched alkanes of at least 4 members (excludes halogenated alkanes) is 2. The molecule has 3 heterocycles. The van der Waals surface area contributed by atoms with E-state index in [4.69, 9.17) is 9.72 Å². The number of fused-ring (bicyclic) bond motifs is 1. The van der Waals surface area contributed by atoms with Gasteiger partial charge in [-0.25, -0.2) is 9.97 Å².